The van der Waals surface area contributed by atoms with E-state index in [4.69, 9.17) is 30.2 Å². The number of ether oxygens (including phenoxy) is 3. The fraction of sp³-hybridized carbons (Fsp3) is 0.933. The van der Waals surface area contributed by atoms with E-state index >= 15 is 0 Å². The summed E-state index contributed by atoms with van der Waals surface area (Å²) < 4.78 is 15.3. The maximum atomic E-state index is 9.94. The third kappa shape index (κ3) is 6.67. The van der Waals surface area contributed by atoms with Crippen molar-refractivity contribution in [3.8, 4) is 0 Å². The van der Waals surface area contributed by atoms with Gasteiger partial charge in [0.25, 0.3) is 0 Å². The Hall–Kier alpha value is -0.660. The van der Waals surface area contributed by atoms with Gasteiger partial charge in [-0.15, -0.1) is 0 Å². The van der Waals surface area contributed by atoms with Gasteiger partial charge in [0.15, 0.2) is 12.6 Å². The zero-order valence-corrected chi connectivity index (χ0v) is 16.5. The normalized spacial score (nSPS) is 42.7. The fourth-order valence-electron chi connectivity index (χ4n) is 2.65. The molecule has 0 saturated carbocycles. The molecule has 1 unspecified atom stereocenters. The molecule has 0 aromatic heterocycles. The minimum Gasteiger partial charge on any atom is -0.480 e. The molecule has 0 aromatic carbocycles. The Balaban J connectivity index is 0.000000553. The van der Waals surface area contributed by atoms with Crippen LogP contribution >= 0.6 is 12.6 Å². The Bertz CT molecular complexity index is 527. The smallest absolute Gasteiger partial charge is 0.321 e. The molecule has 0 bridgehead atoms. The van der Waals surface area contributed by atoms with Crippen molar-refractivity contribution in [1.82, 2.24) is 0 Å². The van der Waals surface area contributed by atoms with Gasteiger partial charge in [0, 0.05) is 5.75 Å². The standard InChI is InChI=1S/C12H22O11.C3H7NO2S/c13-1-3-5(15)6(16)9(19)12(22-3)23-10-4(2-14)21-11(20)8(18)7(10)17;4-2(1-7)3(5)6/h3-20H,1-2H2;2,7H,1,4H2,(H,5,6)/t3-,4-,5+,6+,7-,8-,9-,10-,11-,12+;/m1./s1. The number of carbonyl (C=O) groups is 1. The van der Waals surface area contributed by atoms with E-state index in [2.05, 4.69) is 12.6 Å². The second kappa shape index (κ2) is 12.4. The van der Waals surface area contributed by atoms with Crippen molar-refractivity contribution in [3.05, 3.63) is 0 Å². The van der Waals surface area contributed by atoms with Gasteiger partial charge in [-0.3, -0.25) is 4.79 Å². The highest BCUT2D eigenvalue weighted by atomic mass is 32.1. The van der Waals surface area contributed by atoms with Crippen LogP contribution in [0.1, 0.15) is 0 Å². The lowest BCUT2D eigenvalue weighted by molar-refractivity contribution is -0.355. The van der Waals surface area contributed by atoms with Gasteiger partial charge >= 0.3 is 5.97 Å². The average molecular weight is 463 g/mol. The second-order valence-corrected chi connectivity index (χ2v) is 7.02. The van der Waals surface area contributed by atoms with Crippen molar-refractivity contribution in [1.29, 1.82) is 0 Å². The highest BCUT2D eigenvalue weighted by Crippen LogP contribution is 2.28. The van der Waals surface area contributed by atoms with Crippen LogP contribution in [0.4, 0.5) is 0 Å². The molecule has 2 aliphatic rings. The number of hydrogen-bond acceptors (Lipinski definition) is 14. The summed E-state index contributed by atoms with van der Waals surface area (Å²) in [6.07, 6.45) is -15.6. The Morgan fingerprint density at radius 3 is 1.90 bits per heavy atom. The molecule has 11 N–H and O–H groups in total. The van der Waals surface area contributed by atoms with E-state index in [0.717, 1.165) is 0 Å². The van der Waals surface area contributed by atoms with Crippen LogP contribution < -0.4 is 5.73 Å². The SMILES string of the molecule is NC(CS)C(=O)O.OC[C@H]1O[C@@H](O[C@H]2[C@H](O)[C@@H](O)[C@H](O)O[C@@H]2CO)[C@H](O)[C@@H](O)[C@H]1O. The number of carboxylic acids is 1. The quantitative estimate of drug-likeness (QED) is 0.164. The minimum atomic E-state index is -1.74. The van der Waals surface area contributed by atoms with Crippen LogP contribution in [-0.4, -0.2) is 138 Å². The molecule has 11 atom stereocenters. The maximum Gasteiger partial charge on any atom is 0.321 e. The predicted octanol–water partition coefficient (Wildman–Crippen LogP) is -6.07. The number of aliphatic carboxylic acids is 1. The molecule has 2 fully saturated rings. The summed E-state index contributed by atoms with van der Waals surface area (Å²) in [6, 6.07) is -0.816. The Labute approximate surface area is 176 Å². The Morgan fingerprint density at radius 2 is 1.47 bits per heavy atom. The number of hydrogen-bond donors (Lipinski definition) is 11. The molecular formula is C15H29NO13S. The van der Waals surface area contributed by atoms with Gasteiger partial charge in [0.2, 0.25) is 0 Å². The summed E-state index contributed by atoms with van der Waals surface area (Å²) in [4.78, 5) is 9.76. The zero-order chi connectivity index (χ0) is 23.2. The Morgan fingerprint density at radius 1 is 0.900 bits per heavy atom. The molecule has 30 heavy (non-hydrogen) atoms. The average Bonchev–Trinajstić information content (AvgIpc) is 2.73. The van der Waals surface area contributed by atoms with Crippen molar-refractivity contribution in [2.45, 2.75) is 67.5 Å². The zero-order valence-electron chi connectivity index (χ0n) is 15.7. The van der Waals surface area contributed by atoms with E-state index in [0.29, 0.717) is 0 Å². The molecule has 0 spiro atoms. The van der Waals surface area contributed by atoms with Crippen LogP contribution in [0.25, 0.3) is 0 Å². The summed E-state index contributed by atoms with van der Waals surface area (Å²) in [5, 5.41) is 84.5. The van der Waals surface area contributed by atoms with Crippen LogP contribution in [0.5, 0.6) is 0 Å². The molecule has 0 aromatic rings. The summed E-state index contributed by atoms with van der Waals surface area (Å²) in [6.45, 7) is -1.35. The highest BCUT2D eigenvalue weighted by molar-refractivity contribution is 7.80. The molecule has 14 nitrogen and oxygen atoms in total. The van der Waals surface area contributed by atoms with Crippen LogP contribution in [-0.2, 0) is 19.0 Å². The van der Waals surface area contributed by atoms with Crippen LogP contribution in [0.2, 0.25) is 0 Å². The molecule has 2 saturated heterocycles. The molecule has 2 rings (SSSR count). The van der Waals surface area contributed by atoms with Crippen molar-refractivity contribution >= 4 is 18.6 Å². The summed E-state index contributed by atoms with van der Waals surface area (Å²) >= 11 is 3.65. The molecule has 0 amide bonds. The van der Waals surface area contributed by atoms with E-state index in [1.54, 1.807) is 0 Å². The molecule has 0 radical (unpaired) electrons. The number of thiol groups is 1. The maximum absolute atomic E-state index is 9.94. The number of nitrogens with two attached hydrogens (primary N) is 1. The summed E-state index contributed by atoms with van der Waals surface area (Å²) in [5.41, 5.74) is 4.94. The molecular weight excluding hydrogens is 434 g/mol. The van der Waals surface area contributed by atoms with Gasteiger partial charge in [0.05, 0.1) is 13.2 Å². The first-order chi connectivity index (χ1) is 14.0. The van der Waals surface area contributed by atoms with Crippen molar-refractivity contribution in [2.75, 3.05) is 19.0 Å². The fourth-order valence-corrected chi connectivity index (χ4v) is 2.80. The van der Waals surface area contributed by atoms with Gasteiger partial charge in [-0.1, -0.05) is 0 Å². The van der Waals surface area contributed by atoms with Crippen LogP contribution in [0.3, 0.4) is 0 Å². The van der Waals surface area contributed by atoms with Crippen molar-refractivity contribution in [3.63, 3.8) is 0 Å². The lowest BCUT2D eigenvalue weighted by Gasteiger charge is -2.45. The number of aliphatic hydroxyl groups is 8. The van der Waals surface area contributed by atoms with E-state index in [1.165, 1.54) is 0 Å². The van der Waals surface area contributed by atoms with Crippen LogP contribution in [0.15, 0.2) is 0 Å². The highest BCUT2D eigenvalue weighted by Gasteiger charge is 2.50. The molecule has 178 valence electrons. The lowest BCUT2D eigenvalue weighted by atomic mass is 9.97. The third-order valence-corrected chi connectivity index (χ3v) is 4.89. The summed E-state index contributed by atoms with van der Waals surface area (Å²) in [7, 11) is 0. The molecule has 0 aliphatic carbocycles. The third-order valence-electron chi connectivity index (χ3n) is 4.49. The van der Waals surface area contributed by atoms with Gasteiger partial charge in [-0.25, -0.2) is 0 Å². The van der Waals surface area contributed by atoms with E-state index in [1.807, 2.05) is 0 Å². The number of aliphatic hydroxyl groups excluding tert-OH is 8. The second-order valence-electron chi connectivity index (χ2n) is 6.65. The van der Waals surface area contributed by atoms with Gasteiger partial charge in [-0.05, 0) is 0 Å². The number of rotatable bonds is 6. The van der Waals surface area contributed by atoms with Gasteiger partial charge in [0.1, 0.15) is 54.9 Å². The Kier molecular flexibility index (Phi) is 11.3. The van der Waals surface area contributed by atoms with Gasteiger partial charge < -0.3 is 65.9 Å². The van der Waals surface area contributed by atoms with Crippen LogP contribution in [0, 0.1) is 0 Å². The summed E-state index contributed by atoms with van der Waals surface area (Å²) in [5.74, 6) is -0.815. The minimum absolute atomic E-state index is 0.190. The van der Waals surface area contributed by atoms with E-state index in [9.17, 15) is 40.5 Å². The van der Waals surface area contributed by atoms with Gasteiger partial charge in [-0.2, -0.15) is 12.6 Å². The number of carboxylic acid groups (broad SMARTS) is 1. The first kappa shape index (κ1) is 27.4. The first-order valence-corrected chi connectivity index (χ1v) is 9.49. The van der Waals surface area contributed by atoms with E-state index in [-0.39, 0.29) is 5.75 Å². The first-order valence-electron chi connectivity index (χ1n) is 8.85. The van der Waals surface area contributed by atoms with Crippen molar-refractivity contribution in [2.24, 2.45) is 5.73 Å². The van der Waals surface area contributed by atoms with E-state index < -0.39 is 86.6 Å². The largest absolute Gasteiger partial charge is 0.480 e. The van der Waals surface area contributed by atoms with Crippen molar-refractivity contribution < 1.29 is 65.0 Å². The molecule has 15 heteroatoms. The predicted molar refractivity (Wildman–Crippen MR) is 98.1 cm³/mol. The lowest BCUT2D eigenvalue weighted by Crippen LogP contribution is -2.64. The molecule has 2 heterocycles. The monoisotopic (exact) mass is 463 g/mol. The molecule has 2 aliphatic heterocycles. The topological polar surface area (TPSA) is 253 Å².